The first-order chi connectivity index (χ1) is 11.1. The Bertz CT molecular complexity index is 849. The maximum absolute atomic E-state index is 11.7. The van der Waals surface area contributed by atoms with E-state index in [2.05, 4.69) is 31.3 Å². The highest BCUT2D eigenvalue weighted by Crippen LogP contribution is 2.39. The fraction of sp³-hybridized carbons (Fsp3) is 0.0625. The van der Waals surface area contributed by atoms with E-state index in [1.165, 1.54) is 12.3 Å². The summed E-state index contributed by atoms with van der Waals surface area (Å²) in [7, 11) is 0. The molecule has 0 amide bonds. The van der Waals surface area contributed by atoms with Crippen molar-refractivity contribution in [1.82, 2.24) is 15.4 Å². The van der Waals surface area contributed by atoms with E-state index in [4.69, 9.17) is 4.74 Å². The van der Waals surface area contributed by atoms with E-state index in [1.54, 1.807) is 19.1 Å². The number of para-hydroxylation sites is 1. The Morgan fingerprint density at radius 3 is 2.65 bits per heavy atom. The van der Waals surface area contributed by atoms with Crippen molar-refractivity contribution < 1.29 is 14.6 Å². The molecule has 0 aliphatic rings. The third-order valence-electron chi connectivity index (χ3n) is 3.34. The number of halogens is 1. The number of hydrogen-bond donors (Lipinski definition) is 2. The van der Waals surface area contributed by atoms with Crippen LogP contribution in [0.3, 0.4) is 0 Å². The van der Waals surface area contributed by atoms with Crippen LogP contribution in [0.4, 0.5) is 0 Å². The number of aromatic carboxylic acids is 1. The number of nitrogens with zero attached hydrogens (tertiary/aromatic N) is 2. The summed E-state index contributed by atoms with van der Waals surface area (Å²) in [5.74, 6) is -0.00650. The number of carboxylic acid groups (broad SMARTS) is 1. The van der Waals surface area contributed by atoms with Gasteiger partial charge in [0.05, 0.1) is 16.2 Å². The molecule has 1 aromatic heterocycles. The standard InChI is InChI=1S/C16H12BrN3O3/c1-9-14(12-8-18-20-19-12)11(16(21)22)7-13(15(9)17)23-10-5-3-2-4-6-10/h2-8H,1H3,(H,21,22)(H,18,19,20). The molecule has 2 N–H and O–H groups in total. The van der Waals surface area contributed by atoms with Gasteiger partial charge in [-0.15, -0.1) is 0 Å². The molecular formula is C16H12BrN3O3. The van der Waals surface area contributed by atoms with Gasteiger partial charge in [-0.1, -0.05) is 18.2 Å². The molecule has 6 nitrogen and oxygen atoms in total. The van der Waals surface area contributed by atoms with Crippen LogP contribution >= 0.6 is 15.9 Å². The smallest absolute Gasteiger partial charge is 0.336 e. The van der Waals surface area contributed by atoms with E-state index >= 15 is 0 Å². The number of rotatable bonds is 4. The Morgan fingerprint density at radius 1 is 1.30 bits per heavy atom. The fourth-order valence-electron chi connectivity index (χ4n) is 2.27. The summed E-state index contributed by atoms with van der Waals surface area (Å²) in [5, 5.41) is 19.8. The predicted molar refractivity (Wildman–Crippen MR) is 87.7 cm³/mol. The Hall–Kier alpha value is -2.67. The van der Waals surface area contributed by atoms with Crippen molar-refractivity contribution in [3.63, 3.8) is 0 Å². The highest BCUT2D eigenvalue weighted by atomic mass is 79.9. The van der Waals surface area contributed by atoms with Crippen LogP contribution in [0, 0.1) is 6.92 Å². The highest BCUT2D eigenvalue weighted by Gasteiger charge is 2.22. The van der Waals surface area contributed by atoms with Crippen LogP contribution in [-0.4, -0.2) is 26.5 Å². The number of H-pyrrole nitrogens is 1. The topological polar surface area (TPSA) is 88.1 Å². The van der Waals surface area contributed by atoms with E-state index in [1.807, 2.05) is 18.2 Å². The lowest BCUT2D eigenvalue weighted by Gasteiger charge is -2.15. The van der Waals surface area contributed by atoms with E-state index < -0.39 is 5.97 Å². The van der Waals surface area contributed by atoms with Gasteiger partial charge in [0.15, 0.2) is 0 Å². The summed E-state index contributed by atoms with van der Waals surface area (Å²) in [6.07, 6.45) is 1.49. The lowest BCUT2D eigenvalue weighted by Crippen LogP contribution is -2.04. The van der Waals surface area contributed by atoms with Gasteiger partial charge in [0.25, 0.3) is 0 Å². The fourth-order valence-corrected chi connectivity index (χ4v) is 2.67. The molecule has 0 unspecified atom stereocenters. The van der Waals surface area contributed by atoms with Gasteiger partial charge in [0.2, 0.25) is 0 Å². The number of aromatic nitrogens is 3. The molecule has 3 rings (SSSR count). The molecule has 0 fully saturated rings. The maximum atomic E-state index is 11.7. The van der Waals surface area contributed by atoms with Gasteiger partial charge in [-0.25, -0.2) is 4.79 Å². The SMILES string of the molecule is Cc1c(Br)c(Oc2ccccc2)cc(C(=O)O)c1-c1cn[nH]n1. The van der Waals surface area contributed by atoms with Gasteiger partial charge >= 0.3 is 5.97 Å². The van der Waals surface area contributed by atoms with Crippen molar-refractivity contribution in [1.29, 1.82) is 0 Å². The molecule has 1 heterocycles. The Balaban J connectivity index is 2.15. The van der Waals surface area contributed by atoms with E-state index in [0.29, 0.717) is 32.8 Å². The zero-order valence-corrected chi connectivity index (χ0v) is 13.7. The minimum atomic E-state index is -1.06. The average Bonchev–Trinajstić information content (AvgIpc) is 3.06. The summed E-state index contributed by atoms with van der Waals surface area (Å²) in [5.41, 5.74) is 1.78. The first-order valence-electron chi connectivity index (χ1n) is 6.73. The number of benzene rings is 2. The van der Waals surface area contributed by atoms with E-state index in [0.717, 1.165) is 0 Å². The van der Waals surface area contributed by atoms with Crippen LogP contribution in [0.1, 0.15) is 15.9 Å². The van der Waals surface area contributed by atoms with Gasteiger partial charge in [-0.2, -0.15) is 15.4 Å². The maximum Gasteiger partial charge on any atom is 0.336 e. The van der Waals surface area contributed by atoms with Crippen molar-refractivity contribution >= 4 is 21.9 Å². The van der Waals surface area contributed by atoms with Gasteiger partial charge < -0.3 is 9.84 Å². The lowest BCUT2D eigenvalue weighted by atomic mass is 9.99. The van der Waals surface area contributed by atoms with Gasteiger partial charge in [-0.3, -0.25) is 0 Å². The molecule has 2 aromatic carbocycles. The molecule has 0 aliphatic carbocycles. The van der Waals surface area contributed by atoms with Crippen molar-refractivity contribution in [3.05, 3.63) is 58.2 Å². The van der Waals surface area contributed by atoms with Crippen LogP contribution in [-0.2, 0) is 0 Å². The average molecular weight is 374 g/mol. The minimum absolute atomic E-state index is 0.102. The quantitative estimate of drug-likeness (QED) is 0.720. The minimum Gasteiger partial charge on any atom is -0.478 e. The first-order valence-corrected chi connectivity index (χ1v) is 7.52. The molecule has 0 atom stereocenters. The molecule has 0 saturated carbocycles. The molecule has 0 bridgehead atoms. The monoisotopic (exact) mass is 373 g/mol. The Labute approximate surface area is 140 Å². The number of nitrogens with one attached hydrogen (secondary N) is 1. The van der Waals surface area contributed by atoms with Crippen LogP contribution in [0.15, 0.2) is 47.1 Å². The zero-order valence-electron chi connectivity index (χ0n) is 12.1. The third kappa shape index (κ3) is 2.95. The molecule has 3 aromatic rings. The van der Waals surface area contributed by atoms with Crippen molar-refractivity contribution in [2.45, 2.75) is 6.92 Å². The molecule has 23 heavy (non-hydrogen) atoms. The van der Waals surface area contributed by atoms with Crippen LogP contribution in [0.5, 0.6) is 11.5 Å². The molecule has 0 saturated heterocycles. The Morgan fingerprint density at radius 2 is 2.04 bits per heavy atom. The van der Waals surface area contributed by atoms with Gasteiger partial charge in [0.1, 0.15) is 17.2 Å². The molecule has 0 spiro atoms. The second-order valence-corrected chi connectivity index (χ2v) is 5.60. The molecule has 0 aliphatic heterocycles. The summed E-state index contributed by atoms with van der Waals surface area (Å²) < 4.78 is 6.47. The molecule has 116 valence electrons. The van der Waals surface area contributed by atoms with Crippen LogP contribution in [0.25, 0.3) is 11.3 Å². The van der Waals surface area contributed by atoms with Crippen molar-refractivity contribution in [2.75, 3.05) is 0 Å². The lowest BCUT2D eigenvalue weighted by molar-refractivity contribution is 0.0697. The van der Waals surface area contributed by atoms with Crippen molar-refractivity contribution in [2.24, 2.45) is 0 Å². The molecular weight excluding hydrogens is 362 g/mol. The summed E-state index contributed by atoms with van der Waals surface area (Å²) >= 11 is 3.48. The van der Waals surface area contributed by atoms with Gasteiger partial charge in [-0.05, 0) is 46.6 Å². The number of hydrogen-bond acceptors (Lipinski definition) is 4. The Kier molecular flexibility index (Phi) is 4.12. The second-order valence-electron chi connectivity index (χ2n) is 4.81. The molecule has 7 heteroatoms. The second kappa shape index (κ2) is 6.21. The van der Waals surface area contributed by atoms with Crippen molar-refractivity contribution in [3.8, 4) is 22.8 Å². The number of carbonyl (C=O) groups is 1. The number of carboxylic acids is 1. The van der Waals surface area contributed by atoms with E-state index in [9.17, 15) is 9.90 Å². The summed E-state index contributed by atoms with van der Waals surface area (Å²) in [6, 6.07) is 10.7. The predicted octanol–water partition coefficient (Wildman–Crippen LogP) is 4.03. The third-order valence-corrected chi connectivity index (χ3v) is 4.32. The summed E-state index contributed by atoms with van der Waals surface area (Å²) in [4.78, 5) is 11.7. The normalized spacial score (nSPS) is 10.5. The summed E-state index contributed by atoms with van der Waals surface area (Å²) in [6.45, 7) is 1.80. The highest BCUT2D eigenvalue weighted by molar-refractivity contribution is 9.10. The van der Waals surface area contributed by atoms with E-state index in [-0.39, 0.29) is 5.56 Å². The largest absolute Gasteiger partial charge is 0.478 e. The number of aromatic amines is 1. The number of ether oxygens (including phenoxy) is 1. The first kappa shape index (κ1) is 15.2. The zero-order chi connectivity index (χ0) is 16.4. The van der Waals surface area contributed by atoms with Crippen LogP contribution in [0.2, 0.25) is 0 Å². The van der Waals surface area contributed by atoms with Gasteiger partial charge in [0, 0.05) is 5.56 Å². The molecule has 0 radical (unpaired) electrons. The van der Waals surface area contributed by atoms with Crippen LogP contribution < -0.4 is 4.74 Å².